The Bertz CT molecular complexity index is 2760. The van der Waals surface area contributed by atoms with Gasteiger partial charge in [-0.2, -0.15) is 0 Å². The van der Waals surface area contributed by atoms with E-state index in [4.69, 9.17) is 9.40 Å². The Hall–Kier alpha value is -5.78. The number of hydrogen-bond donors (Lipinski definition) is 0. The van der Waals surface area contributed by atoms with Gasteiger partial charge in [0.2, 0.25) is 0 Å². The van der Waals surface area contributed by atoms with Crippen LogP contribution in [0.1, 0.15) is 43.4 Å². The minimum Gasteiger partial charge on any atom is -0.455 e. The standard InChI is InChI=1S/C24H17NO.C17H23NSi.C13H13N.Ir/c1-16-10-12-19(21-9-5-6-14-25-21)24-23(16)20-13-11-18(15-22(20)26-24)17-7-3-2-4-8-17;1-13(2)15-11-16(14-9-7-6-8-10-14)18-12-17(15)19(3,4)5;1-2-11-8-9-14-13(10-11)12-6-4-3-5-7-12;/h2-15H,1H3;6-13H,1-5H3;3-10H,2H2,1H3;. The second-order valence-corrected chi connectivity index (χ2v) is 21.3. The molecule has 4 nitrogen and oxygen atoms in total. The molecule has 0 amide bonds. The number of fused-ring (bicyclic) bond motifs is 3. The maximum absolute atomic E-state index is 6.34. The van der Waals surface area contributed by atoms with E-state index >= 15 is 0 Å². The minimum absolute atomic E-state index is 0. The van der Waals surface area contributed by atoms with E-state index in [2.05, 4.69) is 173 Å². The maximum Gasteiger partial charge on any atom is 0.145 e. The third kappa shape index (κ3) is 10.3. The molecule has 0 fully saturated rings. The average Bonchev–Trinajstić information content (AvgIpc) is 3.67. The van der Waals surface area contributed by atoms with Crippen molar-refractivity contribution < 1.29 is 24.5 Å². The molecule has 0 aliphatic carbocycles. The molecule has 0 bridgehead atoms. The predicted octanol–water partition coefficient (Wildman–Crippen LogP) is 14.3. The van der Waals surface area contributed by atoms with Gasteiger partial charge in [0.1, 0.15) is 11.2 Å². The van der Waals surface area contributed by atoms with Gasteiger partial charge in [-0.05, 0) is 101 Å². The normalized spacial score (nSPS) is 11.0. The summed E-state index contributed by atoms with van der Waals surface area (Å²) in [5.74, 6) is 0.548. The van der Waals surface area contributed by atoms with E-state index in [0.29, 0.717) is 5.92 Å². The first kappa shape index (κ1) is 43.8. The summed E-state index contributed by atoms with van der Waals surface area (Å²) in [5.41, 5.74) is 14.7. The van der Waals surface area contributed by atoms with Crippen LogP contribution < -0.4 is 5.19 Å². The molecular weight excluding hydrogens is 927 g/mol. The molecule has 60 heavy (non-hydrogen) atoms. The Kier molecular flexibility index (Phi) is 14.6. The Morgan fingerprint density at radius 2 is 1.17 bits per heavy atom. The van der Waals surface area contributed by atoms with Crippen LogP contribution >= 0.6 is 0 Å². The van der Waals surface area contributed by atoms with Crippen molar-refractivity contribution in [1.82, 2.24) is 15.0 Å². The van der Waals surface area contributed by atoms with Crippen molar-refractivity contribution in [2.75, 3.05) is 0 Å². The minimum atomic E-state index is -1.33. The molecule has 0 atom stereocenters. The van der Waals surface area contributed by atoms with E-state index < -0.39 is 8.07 Å². The smallest absolute Gasteiger partial charge is 0.145 e. The number of nitrogens with zero attached hydrogens (tertiary/aromatic N) is 3. The molecule has 5 aromatic carbocycles. The maximum atomic E-state index is 6.34. The second-order valence-electron chi connectivity index (χ2n) is 16.2. The van der Waals surface area contributed by atoms with Crippen LogP contribution in [0.15, 0.2) is 181 Å². The molecule has 1 radical (unpaired) electrons. The van der Waals surface area contributed by atoms with E-state index in [1.54, 1.807) is 0 Å². The third-order valence-electron chi connectivity index (χ3n) is 10.6. The van der Waals surface area contributed by atoms with Gasteiger partial charge in [-0.25, -0.2) is 0 Å². The second kappa shape index (κ2) is 20.0. The molecule has 9 rings (SSSR count). The monoisotopic (exact) mass is 980 g/mol. The molecule has 4 aromatic heterocycles. The van der Waals surface area contributed by atoms with Gasteiger partial charge in [0, 0.05) is 66.2 Å². The summed E-state index contributed by atoms with van der Waals surface area (Å²) in [4.78, 5) is 13.6. The predicted molar refractivity (Wildman–Crippen MR) is 253 cm³/mol. The van der Waals surface area contributed by atoms with Crippen LogP contribution in [0.4, 0.5) is 0 Å². The van der Waals surface area contributed by atoms with Crippen LogP contribution in [-0.4, -0.2) is 23.0 Å². The van der Waals surface area contributed by atoms with Gasteiger partial charge in [-0.3, -0.25) is 15.0 Å². The van der Waals surface area contributed by atoms with Gasteiger partial charge in [0.15, 0.2) is 0 Å². The van der Waals surface area contributed by atoms with Gasteiger partial charge in [-0.15, -0.1) is 0 Å². The van der Waals surface area contributed by atoms with Crippen molar-refractivity contribution >= 4 is 35.2 Å². The fraction of sp³-hybridized carbons (Fsp3) is 0.167. The summed E-state index contributed by atoms with van der Waals surface area (Å²) in [6.07, 6.45) is 6.87. The number of benzene rings is 5. The molecule has 4 heterocycles. The van der Waals surface area contributed by atoms with Crippen molar-refractivity contribution in [3.05, 3.63) is 193 Å². The molecular formula is C54H53IrN3OSi. The SMILES string of the molecule is CC(C)c1cc(-c2ccccc2)ncc1[Si](C)(C)C.CCc1ccnc(-c2ccccc2)c1.Cc1ccc(-c2ccccn2)c2oc3cc(-c4ccccc4)ccc3c12.[Ir]. The van der Waals surface area contributed by atoms with E-state index in [9.17, 15) is 0 Å². The molecule has 0 unspecified atom stereocenters. The van der Waals surface area contributed by atoms with Crippen LogP contribution in [0, 0.1) is 6.92 Å². The molecule has 0 aliphatic rings. The summed E-state index contributed by atoms with van der Waals surface area (Å²) in [6, 6.07) is 54.2. The van der Waals surface area contributed by atoms with Gasteiger partial charge < -0.3 is 4.42 Å². The summed E-state index contributed by atoms with van der Waals surface area (Å²) in [5, 5.41) is 3.81. The van der Waals surface area contributed by atoms with Crippen LogP contribution in [0.2, 0.25) is 19.6 Å². The number of aryl methyl sites for hydroxylation is 2. The zero-order valence-corrected chi connectivity index (χ0v) is 39.0. The molecule has 0 spiro atoms. The number of furan rings is 1. The third-order valence-corrected chi connectivity index (χ3v) is 12.6. The zero-order valence-electron chi connectivity index (χ0n) is 35.6. The largest absolute Gasteiger partial charge is 0.455 e. The van der Waals surface area contributed by atoms with E-state index in [0.717, 1.165) is 51.2 Å². The first-order valence-corrected chi connectivity index (χ1v) is 24.1. The first-order valence-electron chi connectivity index (χ1n) is 20.6. The zero-order chi connectivity index (χ0) is 41.4. The van der Waals surface area contributed by atoms with Crippen LogP contribution in [0.3, 0.4) is 0 Å². The molecule has 0 N–H and O–H groups in total. The van der Waals surface area contributed by atoms with Gasteiger partial charge in [-0.1, -0.05) is 150 Å². The number of pyridine rings is 3. The number of aromatic nitrogens is 3. The van der Waals surface area contributed by atoms with E-state index in [-0.39, 0.29) is 20.1 Å². The quantitative estimate of drug-likeness (QED) is 0.149. The van der Waals surface area contributed by atoms with Crippen molar-refractivity contribution in [2.24, 2.45) is 0 Å². The van der Waals surface area contributed by atoms with Crippen LogP contribution in [0.5, 0.6) is 0 Å². The molecule has 9 aromatic rings. The van der Waals surface area contributed by atoms with Gasteiger partial charge in [0.25, 0.3) is 0 Å². The Balaban J connectivity index is 0.000000158. The molecule has 0 aliphatic heterocycles. The summed E-state index contributed by atoms with van der Waals surface area (Å²) in [7, 11) is -1.33. The van der Waals surface area contributed by atoms with Crippen LogP contribution in [-0.2, 0) is 26.5 Å². The van der Waals surface area contributed by atoms with Crippen molar-refractivity contribution in [3.63, 3.8) is 0 Å². The van der Waals surface area contributed by atoms with Crippen molar-refractivity contribution in [3.8, 4) is 44.9 Å². The average molecular weight is 980 g/mol. The summed E-state index contributed by atoms with van der Waals surface area (Å²) in [6.45, 7) is 16.0. The Morgan fingerprint density at radius 3 is 1.75 bits per heavy atom. The molecule has 303 valence electrons. The number of hydrogen-bond acceptors (Lipinski definition) is 4. The fourth-order valence-corrected chi connectivity index (χ4v) is 9.06. The van der Waals surface area contributed by atoms with E-state index in [1.165, 1.54) is 44.0 Å². The molecule has 0 saturated carbocycles. The van der Waals surface area contributed by atoms with Gasteiger partial charge in [0.05, 0.1) is 25.2 Å². The van der Waals surface area contributed by atoms with Crippen molar-refractivity contribution in [1.29, 1.82) is 0 Å². The number of rotatable bonds is 7. The van der Waals surface area contributed by atoms with Gasteiger partial charge >= 0.3 is 0 Å². The van der Waals surface area contributed by atoms with Crippen LogP contribution in [0.25, 0.3) is 66.8 Å². The Labute approximate surface area is 370 Å². The van der Waals surface area contributed by atoms with E-state index in [1.807, 2.05) is 60.9 Å². The van der Waals surface area contributed by atoms with Crippen molar-refractivity contribution in [2.45, 2.75) is 59.7 Å². The fourth-order valence-electron chi connectivity index (χ4n) is 7.38. The topological polar surface area (TPSA) is 51.8 Å². The summed E-state index contributed by atoms with van der Waals surface area (Å²) >= 11 is 0. The first-order chi connectivity index (χ1) is 28.6. The molecule has 0 saturated heterocycles. The Morgan fingerprint density at radius 1 is 0.567 bits per heavy atom. The summed E-state index contributed by atoms with van der Waals surface area (Å²) < 4.78 is 6.34. The molecule has 6 heteroatoms.